The molecule has 5 rings (SSSR count). The van der Waals surface area contributed by atoms with E-state index in [1.54, 1.807) is 0 Å². The van der Waals surface area contributed by atoms with Gasteiger partial charge >= 0.3 is 0 Å². The number of hydrogen-bond donors (Lipinski definition) is 0. The van der Waals surface area contributed by atoms with Gasteiger partial charge < -0.3 is 18.8 Å². The van der Waals surface area contributed by atoms with E-state index >= 15 is 0 Å². The molecule has 2 aliphatic heterocycles. The van der Waals surface area contributed by atoms with Crippen molar-refractivity contribution in [2.45, 2.75) is 31.7 Å². The number of oxazole rings is 1. The zero-order chi connectivity index (χ0) is 22.1. The number of ether oxygens (including phenoxy) is 2. The van der Waals surface area contributed by atoms with Crippen molar-refractivity contribution in [3.63, 3.8) is 0 Å². The molecular weight excluding hydrogens is 418 g/mol. The number of aromatic nitrogens is 1. The number of carbonyl (C=O) groups is 1. The van der Waals surface area contributed by atoms with E-state index in [9.17, 15) is 13.6 Å². The van der Waals surface area contributed by atoms with Crippen LogP contribution < -0.4 is 9.47 Å². The van der Waals surface area contributed by atoms with E-state index in [1.165, 1.54) is 12.3 Å². The van der Waals surface area contributed by atoms with Crippen LogP contribution >= 0.6 is 0 Å². The fraction of sp³-hybridized carbons (Fsp3) is 0.333. The van der Waals surface area contributed by atoms with Crippen molar-refractivity contribution in [1.82, 2.24) is 9.88 Å². The fourth-order valence-electron chi connectivity index (χ4n) is 4.31. The third-order valence-corrected chi connectivity index (χ3v) is 5.84. The molecule has 6 nitrogen and oxygen atoms in total. The van der Waals surface area contributed by atoms with Crippen molar-refractivity contribution in [2.75, 3.05) is 19.8 Å². The zero-order valence-electron chi connectivity index (χ0n) is 17.4. The lowest BCUT2D eigenvalue weighted by molar-refractivity contribution is -0.132. The van der Waals surface area contributed by atoms with E-state index in [0.29, 0.717) is 25.5 Å². The Morgan fingerprint density at radius 2 is 1.88 bits per heavy atom. The number of rotatable bonds is 5. The van der Waals surface area contributed by atoms with Gasteiger partial charge in [0, 0.05) is 19.4 Å². The first-order chi connectivity index (χ1) is 15.6. The number of amides is 1. The summed E-state index contributed by atoms with van der Waals surface area (Å²) in [6.07, 6.45) is 3.52. The lowest BCUT2D eigenvalue weighted by atomic mass is 10.0. The number of hydrogen-bond acceptors (Lipinski definition) is 5. The molecule has 0 bridgehead atoms. The van der Waals surface area contributed by atoms with Crippen LogP contribution in [0.5, 0.6) is 11.5 Å². The monoisotopic (exact) mass is 440 g/mol. The van der Waals surface area contributed by atoms with E-state index in [4.69, 9.17) is 13.9 Å². The summed E-state index contributed by atoms with van der Waals surface area (Å²) in [4.78, 5) is 18.9. The van der Waals surface area contributed by atoms with Crippen LogP contribution in [0.3, 0.4) is 0 Å². The Hall–Kier alpha value is -3.42. The third-order valence-electron chi connectivity index (χ3n) is 5.84. The van der Waals surface area contributed by atoms with Crippen LogP contribution in [0.4, 0.5) is 8.78 Å². The maximum Gasteiger partial charge on any atom is 0.223 e. The summed E-state index contributed by atoms with van der Waals surface area (Å²) in [6.45, 7) is 1.72. The van der Waals surface area contributed by atoms with Crippen LogP contribution in [0.1, 0.15) is 36.8 Å². The molecule has 3 heterocycles. The second-order valence-electron chi connectivity index (χ2n) is 7.86. The van der Waals surface area contributed by atoms with Crippen molar-refractivity contribution in [1.29, 1.82) is 0 Å². The molecule has 0 N–H and O–H groups in total. The second kappa shape index (κ2) is 8.61. The number of carbonyl (C=O) groups excluding carboxylic acids is 1. The van der Waals surface area contributed by atoms with Gasteiger partial charge in [-0.3, -0.25) is 4.79 Å². The molecule has 1 aromatic heterocycles. The van der Waals surface area contributed by atoms with E-state index in [-0.39, 0.29) is 42.0 Å². The topological polar surface area (TPSA) is 64.8 Å². The Labute approximate surface area is 183 Å². The molecule has 32 heavy (non-hydrogen) atoms. The van der Waals surface area contributed by atoms with Crippen molar-refractivity contribution >= 4 is 5.91 Å². The maximum atomic E-state index is 14.0. The Kier molecular flexibility index (Phi) is 5.51. The van der Waals surface area contributed by atoms with Gasteiger partial charge in [-0.15, -0.1) is 0 Å². The standard InChI is InChI=1S/C24H22F2N2O4/c25-16-3-1-4-17(26)24(16)21-14-27-22(32-21)8-9-23(29)28-10-2-5-18(28)15-6-7-19-20(13-15)31-12-11-30-19/h1,3-4,6-7,13-14,18H,2,5,8-12H2/t18-/m1/s1. The molecule has 0 spiro atoms. The molecular formula is C24H22F2N2O4. The van der Waals surface area contributed by atoms with Gasteiger partial charge in [-0.2, -0.15) is 0 Å². The Morgan fingerprint density at radius 1 is 1.09 bits per heavy atom. The first kappa shape index (κ1) is 20.5. The molecule has 1 amide bonds. The number of nitrogens with zero attached hydrogens (tertiary/aromatic N) is 2. The second-order valence-corrected chi connectivity index (χ2v) is 7.86. The SMILES string of the molecule is O=C(CCc1ncc(-c2c(F)cccc2F)o1)N1CCC[C@@H]1c1ccc2c(c1)OCCO2. The van der Waals surface area contributed by atoms with Gasteiger partial charge in [0.1, 0.15) is 24.8 Å². The van der Waals surface area contributed by atoms with E-state index in [0.717, 1.165) is 36.3 Å². The normalized spacial score (nSPS) is 17.6. The number of aryl methyl sites for hydroxylation is 1. The summed E-state index contributed by atoms with van der Waals surface area (Å²) in [6, 6.07) is 9.41. The lowest BCUT2D eigenvalue weighted by Crippen LogP contribution is -2.30. The molecule has 2 aromatic carbocycles. The highest BCUT2D eigenvalue weighted by molar-refractivity contribution is 5.77. The van der Waals surface area contributed by atoms with Crippen LogP contribution in [0.15, 0.2) is 47.0 Å². The molecule has 8 heteroatoms. The minimum absolute atomic E-state index is 0.0124. The largest absolute Gasteiger partial charge is 0.486 e. The van der Waals surface area contributed by atoms with Gasteiger partial charge in [0.15, 0.2) is 23.1 Å². The van der Waals surface area contributed by atoms with Crippen LogP contribution in [0.2, 0.25) is 0 Å². The molecule has 0 saturated carbocycles. The predicted octanol–water partition coefficient (Wildman–Crippen LogP) is 4.69. The highest BCUT2D eigenvalue weighted by atomic mass is 19.1. The van der Waals surface area contributed by atoms with Gasteiger partial charge in [-0.05, 0) is 42.7 Å². The van der Waals surface area contributed by atoms with Crippen LogP contribution in [-0.2, 0) is 11.2 Å². The average molecular weight is 440 g/mol. The average Bonchev–Trinajstić information content (AvgIpc) is 3.47. The van der Waals surface area contributed by atoms with Gasteiger partial charge in [0.25, 0.3) is 0 Å². The minimum Gasteiger partial charge on any atom is -0.486 e. The molecule has 1 fully saturated rings. The van der Waals surface area contributed by atoms with Crippen LogP contribution in [0.25, 0.3) is 11.3 Å². The Morgan fingerprint density at radius 3 is 2.69 bits per heavy atom. The highest BCUT2D eigenvalue weighted by Gasteiger charge is 2.31. The van der Waals surface area contributed by atoms with Crippen molar-refractivity contribution < 1.29 is 27.5 Å². The van der Waals surface area contributed by atoms with E-state index < -0.39 is 11.6 Å². The smallest absolute Gasteiger partial charge is 0.223 e. The molecule has 1 saturated heterocycles. The van der Waals surface area contributed by atoms with E-state index in [2.05, 4.69) is 4.98 Å². The molecule has 0 unspecified atom stereocenters. The zero-order valence-corrected chi connectivity index (χ0v) is 17.4. The first-order valence-electron chi connectivity index (χ1n) is 10.7. The van der Waals surface area contributed by atoms with Crippen LogP contribution in [-0.4, -0.2) is 35.5 Å². The Balaban J connectivity index is 1.26. The van der Waals surface area contributed by atoms with Crippen molar-refractivity contribution in [3.8, 4) is 22.8 Å². The summed E-state index contributed by atoms with van der Waals surface area (Å²) < 4.78 is 44.7. The molecule has 0 radical (unpaired) electrons. The third kappa shape index (κ3) is 3.92. The summed E-state index contributed by atoms with van der Waals surface area (Å²) >= 11 is 0. The van der Waals surface area contributed by atoms with Gasteiger partial charge in [0.2, 0.25) is 5.91 Å². The number of halogens is 2. The first-order valence-corrected chi connectivity index (χ1v) is 10.7. The van der Waals surface area contributed by atoms with Crippen molar-refractivity contribution in [2.24, 2.45) is 0 Å². The van der Waals surface area contributed by atoms with Crippen LogP contribution in [0, 0.1) is 11.6 Å². The van der Waals surface area contributed by atoms with Gasteiger partial charge in [-0.25, -0.2) is 13.8 Å². The predicted molar refractivity (Wildman–Crippen MR) is 111 cm³/mol. The molecule has 2 aliphatic rings. The number of likely N-dealkylation sites (tertiary alicyclic amines) is 1. The summed E-state index contributed by atoms with van der Waals surface area (Å²) in [5.74, 6) is 0.262. The summed E-state index contributed by atoms with van der Waals surface area (Å²) in [5, 5.41) is 0. The fourth-order valence-corrected chi connectivity index (χ4v) is 4.31. The van der Waals surface area contributed by atoms with E-state index in [1.807, 2.05) is 23.1 Å². The summed E-state index contributed by atoms with van der Waals surface area (Å²) in [7, 11) is 0. The maximum absolute atomic E-state index is 14.0. The molecule has 1 atom stereocenters. The Bertz CT molecular complexity index is 1130. The molecule has 0 aliphatic carbocycles. The molecule has 166 valence electrons. The van der Waals surface area contributed by atoms with Gasteiger partial charge in [-0.1, -0.05) is 12.1 Å². The molecule has 3 aromatic rings. The van der Waals surface area contributed by atoms with Crippen molar-refractivity contribution in [3.05, 3.63) is 65.7 Å². The lowest BCUT2D eigenvalue weighted by Gasteiger charge is -2.26. The quantitative estimate of drug-likeness (QED) is 0.576. The number of benzene rings is 2. The van der Waals surface area contributed by atoms with Gasteiger partial charge in [0.05, 0.1) is 17.8 Å². The highest BCUT2D eigenvalue weighted by Crippen LogP contribution is 2.38. The number of fused-ring (bicyclic) bond motifs is 1. The summed E-state index contributed by atoms with van der Waals surface area (Å²) in [5.41, 5.74) is 0.768. The minimum atomic E-state index is -0.719.